The van der Waals surface area contributed by atoms with E-state index in [2.05, 4.69) is 20.0 Å². The molecule has 1 N–H and O–H groups in total. The van der Waals surface area contributed by atoms with E-state index in [0.717, 1.165) is 11.3 Å². The summed E-state index contributed by atoms with van der Waals surface area (Å²) in [5.74, 6) is -3.31. The van der Waals surface area contributed by atoms with Crippen LogP contribution in [0.2, 0.25) is 0 Å². The standard InChI is InChI=1S/C11H8F3N3O3S/c1-2-15-9(19)7(18)5-3-4-6(21-5)8-16-10(20-17-8)11(12,13)14/h3-4H,2H2,1H3,(H,15,19). The van der Waals surface area contributed by atoms with Crippen LogP contribution < -0.4 is 5.32 Å². The summed E-state index contributed by atoms with van der Waals surface area (Å²) in [4.78, 5) is 26.5. The van der Waals surface area contributed by atoms with Crippen LogP contribution in [0.5, 0.6) is 0 Å². The highest BCUT2D eigenvalue weighted by molar-refractivity contribution is 7.18. The van der Waals surface area contributed by atoms with E-state index < -0.39 is 23.8 Å². The van der Waals surface area contributed by atoms with Gasteiger partial charge in [-0.15, -0.1) is 11.3 Å². The summed E-state index contributed by atoms with van der Waals surface area (Å²) in [5, 5.41) is 5.54. The number of hydrogen-bond acceptors (Lipinski definition) is 6. The number of amides is 1. The highest BCUT2D eigenvalue weighted by Gasteiger charge is 2.38. The molecule has 21 heavy (non-hydrogen) atoms. The van der Waals surface area contributed by atoms with Crippen LogP contribution in [0.1, 0.15) is 22.5 Å². The normalized spacial score (nSPS) is 11.4. The minimum atomic E-state index is -4.73. The highest BCUT2D eigenvalue weighted by Crippen LogP contribution is 2.31. The zero-order valence-electron chi connectivity index (χ0n) is 10.5. The molecule has 0 aliphatic rings. The largest absolute Gasteiger partial charge is 0.471 e. The molecular formula is C11H8F3N3O3S. The van der Waals surface area contributed by atoms with Crippen molar-refractivity contribution < 1.29 is 27.3 Å². The van der Waals surface area contributed by atoms with Crippen LogP contribution in [0.3, 0.4) is 0 Å². The van der Waals surface area contributed by atoms with Gasteiger partial charge in [0.15, 0.2) is 0 Å². The topological polar surface area (TPSA) is 85.1 Å². The third-order valence-corrected chi connectivity index (χ3v) is 3.34. The molecule has 0 spiro atoms. The molecule has 0 aromatic carbocycles. The maximum Gasteiger partial charge on any atom is 0.471 e. The molecule has 0 bridgehead atoms. The Morgan fingerprint density at radius 1 is 1.38 bits per heavy atom. The number of ketones is 1. The molecule has 10 heteroatoms. The molecule has 0 saturated carbocycles. The average molecular weight is 319 g/mol. The van der Waals surface area contributed by atoms with Crippen molar-refractivity contribution in [3.63, 3.8) is 0 Å². The molecule has 2 aromatic heterocycles. The lowest BCUT2D eigenvalue weighted by Gasteiger charge is -1.97. The van der Waals surface area contributed by atoms with Crippen molar-refractivity contribution in [2.75, 3.05) is 6.54 Å². The van der Waals surface area contributed by atoms with Gasteiger partial charge in [0.05, 0.1) is 9.75 Å². The minimum Gasteiger partial charge on any atom is -0.349 e. The summed E-state index contributed by atoms with van der Waals surface area (Å²) < 4.78 is 41.1. The van der Waals surface area contributed by atoms with Gasteiger partial charge in [0.1, 0.15) is 0 Å². The summed E-state index contributed by atoms with van der Waals surface area (Å²) in [6.07, 6.45) is -4.73. The summed E-state index contributed by atoms with van der Waals surface area (Å²) >= 11 is 0.810. The predicted molar refractivity (Wildman–Crippen MR) is 65.6 cm³/mol. The molecule has 0 fully saturated rings. The van der Waals surface area contributed by atoms with Gasteiger partial charge in [-0.25, -0.2) is 0 Å². The predicted octanol–water partition coefficient (Wildman–Crippen LogP) is 2.14. The van der Waals surface area contributed by atoms with E-state index in [9.17, 15) is 22.8 Å². The summed E-state index contributed by atoms with van der Waals surface area (Å²) in [6.45, 7) is 1.95. The zero-order chi connectivity index (χ0) is 15.6. The smallest absolute Gasteiger partial charge is 0.349 e. The van der Waals surface area contributed by atoms with Crippen molar-refractivity contribution >= 4 is 23.0 Å². The molecule has 0 saturated heterocycles. The molecule has 0 unspecified atom stereocenters. The van der Waals surface area contributed by atoms with E-state index in [-0.39, 0.29) is 15.6 Å². The third-order valence-electron chi connectivity index (χ3n) is 2.26. The molecule has 2 aromatic rings. The van der Waals surface area contributed by atoms with Crippen LogP contribution in [-0.4, -0.2) is 28.4 Å². The number of nitrogens with zero attached hydrogens (tertiary/aromatic N) is 2. The molecule has 0 aliphatic heterocycles. The van der Waals surface area contributed by atoms with Crippen molar-refractivity contribution in [2.45, 2.75) is 13.1 Å². The quantitative estimate of drug-likeness (QED) is 0.689. The Morgan fingerprint density at radius 3 is 2.67 bits per heavy atom. The van der Waals surface area contributed by atoms with Crippen molar-refractivity contribution in [3.05, 3.63) is 22.9 Å². The number of alkyl halides is 3. The molecule has 0 radical (unpaired) electrons. The first kappa shape index (κ1) is 15.2. The first-order valence-electron chi connectivity index (χ1n) is 5.66. The van der Waals surface area contributed by atoms with Gasteiger partial charge >= 0.3 is 12.1 Å². The fraction of sp³-hybridized carbons (Fsp3) is 0.273. The number of carbonyl (C=O) groups is 2. The minimum absolute atomic E-state index is 0.0781. The number of halogens is 3. The van der Waals surface area contributed by atoms with E-state index in [1.807, 2.05) is 0 Å². The van der Waals surface area contributed by atoms with E-state index in [1.165, 1.54) is 12.1 Å². The molecule has 0 aliphatic carbocycles. The number of rotatable bonds is 4. The Kier molecular flexibility index (Phi) is 4.07. The number of likely N-dealkylation sites (N-methyl/N-ethyl adjacent to an activating group) is 1. The molecule has 0 atom stereocenters. The number of nitrogens with one attached hydrogen (secondary N) is 1. The van der Waals surface area contributed by atoms with E-state index in [0.29, 0.717) is 6.54 Å². The Balaban J connectivity index is 2.22. The summed E-state index contributed by atoms with van der Waals surface area (Å²) in [5.41, 5.74) is 0. The Hall–Kier alpha value is -2.23. The maximum atomic E-state index is 12.3. The second kappa shape index (κ2) is 5.64. The van der Waals surface area contributed by atoms with Gasteiger partial charge in [-0.05, 0) is 19.1 Å². The molecule has 112 valence electrons. The second-order valence-corrected chi connectivity index (χ2v) is 4.86. The maximum absolute atomic E-state index is 12.3. The van der Waals surface area contributed by atoms with Gasteiger partial charge in [0, 0.05) is 6.54 Å². The van der Waals surface area contributed by atoms with E-state index in [1.54, 1.807) is 6.92 Å². The number of thiophene rings is 1. The van der Waals surface area contributed by atoms with Crippen molar-refractivity contribution in [1.29, 1.82) is 0 Å². The molecular weight excluding hydrogens is 311 g/mol. The summed E-state index contributed by atoms with van der Waals surface area (Å²) in [7, 11) is 0. The Labute approximate surface area is 120 Å². The van der Waals surface area contributed by atoms with Gasteiger partial charge in [0.2, 0.25) is 5.82 Å². The Morgan fingerprint density at radius 2 is 2.10 bits per heavy atom. The lowest BCUT2D eigenvalue weighted by molar-refractivity contribution is -0.159. The van der Waals surface area contributed by atoms with Gasteiger partial charge in [0.25, 0.3) is 11.7 Å². The monoisotopic (exact) mass is 319 g/mol. The third kappa shape index (κ3) is 3.27. The molecule has 2 rings (SSSR count). The Bertz CT molecular complexity index is 678. The molecule has 6 nitrogen and oxygen atoms in total. The number of aromatic nitrogens is 2. The van der Waals surface area contributed by atoms with Crippen LogP contribution in [-0.2, 0) is 11.0 Å². The van der Waals surface area contributed by atoms with Crippen molar-refractivity contribution in [2.24, 2.45) is 0 Å². The van der Waals surface area contributed by atoms with Crippen LogP contribution in [0.4, 0.5) is 13.2 Å². The van der Waals surface area contributed by atoms with Crippen LogP contribution in [0, 0.1) is 0 Å². The van der Waals surface area contributed by atoms with Crippen LogP contribution in [0.25, 0.3) is 10.7 Å². The average Bonchev–Trinajstić information content (AvgIpc) is 3.06. The fourth-order valence-electron chi connectivity index (χ4n) is 1.37. The SMILES string of the molecule is CCNC(=O)C(=O)c1ccc(-c2noc(C(F)(F)F)n2)s1. The first-order valence-corrected chi connectivity index (χ1v) is 6.48. The van der Waals surface area contributed by atoms with E-state index >= 15 is 0 Å². The van der Waals surface area contributed by atoms with Gasteiger partial charge < -0.3 is 9.84 Å². The first-order chi connectivity index (χ1) is 9.82. The summed E-state index contributed by atoms with van der Waals surface area (Å²) in [6, 6.07) is 2.67. The van der Waals surface area contributed by atoms with Gasteiger partial charge in [-0.2, -0.15) is 18.2 Å². The van der Waals surface area contributed by atoms with Crippen molar-refractivity contribution in [3.8, 4) is 10.7 Å². The highest BCUT2D eigenvalue weighted by atomic mass is 32.1. The van der Waals surface area contributed by atoms with Crippen LogP contribution in [0.15, 0.2) is 16.7 Å². The second-order valence-electron chi connectivity index (χ2n) is 3.77. The lowest BCUT2D eigenvalue weighted by atomic mass is 10.3. The lowest BCUT2D eigenvalue weighted by Crippen LogP contribution is -2.30. The number of hydrogen-bond donors (Lipinski definition) is 1. The molecule has 2 heterocycles. The van der Waals surface area contributed by atoms with E-state index in [4.69, 9.17) is 0 Å². The van der Waals surface area contributed by atoms with Gasteiger partial charge in [-0.1, -0.05) is 5.16 Å². The van der Waals surface area contributed by atoms with Crippen molar-refractivity contribution in [1.82, 2.24) is 15.5 Å². The fourth-order valence-corrected chi connectivity index (χ4v) is 2.24. The number of Topliss-reactive ketones (excluding diaryl/α,β-unsaturated/α-hetero) is 1. The van der Waals surface area contributed by atoms with Crippen LogP contribution >= 0.6 is 11.3 Å². The van der Waals surface area contributed by atoms with Gasteiger partial charge in [-0.3, -0.25) is 9.59 Å². The zero-order valence-corrected chi connectivity index (χ0v) is 11.3. The number of carbonyl (C=O) groups excluding carboxylic acids is 2. The molecule has 1 amide bonds.